The van der Waals surface area contributed by atoms with Gasteiger partial charge in [-0.2, -0.15) is 0 Å². The molecule has 1 atom stereocenters. The topological polar surface area (TPSA) is 34.1 Å². The van der Waals surface area contributed by atoms with Gasteiger partial charge in [-0.25, -0.2) is 4.98 Å². The molecule has 1 aromatic heterocycles. The van der Waals surface area contributed by atoms with E-state index in [1.54, 1.807) is 6.20 Å². The second kappa shape index (κ2) is 7.22. The average Bonchev–Trinajstić information content (AvgIpc) is 2.71. The zero-order valence-electron chi connectivity index (χ0n) is 8.99. The quantitative estimate of drug-likeness (QED) is 0.867. The fourth-order valence-corrected chi connectivity index (χ4v) is 2.14. The fourth-order valence-electron chi connectivity index (χ4n) is 1.73. The highest BCUT2D eigenvalue weighted by Gasteiger charge is 2.13. The Morgan fingerprint density at radius 3 is 3.12 bits per heavy atom. The van der Waals surface area contributed by atoms with E-state index in [1.165, 1.54) is 12.0 Å². The second-order valence-electron chi connectivity index (χ2n) is 3.86. The first-order valence-corrected chi connectivity index (χ1v) is 6.03. The molecule has 1 N–H and O–H groups in total. The molecule has 0 bridgehead atoms. The van der Waals surface area contributed by atoms with Crippen LogP contribution in [0.15, 0.2) is 22.9 Å². The van der Waals surface area contributed by atoms with Crippen LogP contribution in [0.25, 0.3) is 0 Å². The Bertz CT molecular complexity index is 319. The summed E-state index contributed by atoms with van der Waals surface area (Å²) in [4.78, 5) is 4.08. The van der Waals surface area contributed by atoms with E-state index in [4.69, 9.17) is 4.74 Å². The lowest BCUT2D eigenvalue weighted by Gasteiger charge is -2.09. The smallest absolute Gasteiger partial charge is 0.106 e. The van der Waals surface area contributed by atoms with Crippen molar-refractivity contribution < 1.29 is 4.74 Å². The number of hydrogen-bond acceptors (Lipinski definition) is 3. The third kappa shape index (κ3) is 4.37. The SMILES string of the molecule is Brc1cc(COCC2CCNC2)ccn1.Cl. The lowest BCUT2D eigenvalue weighted by Crippen LogP contribution is -2.13. The van der Waals surface area contributed by atoms with Gasteiger partial charge in [-0.15, -0.1) is 12.4 Å². The van der Waals surface area contributed by atoms with E-state index in [0.29, 0.717) is 12.5 Å². The predicted octanol–water partition coefficient (Wildman–Crippen LogP) is 2.39. The molecule has 0 aromatic carbocycles. The van der Waals surface area contributed by atoms with Gasteiger partial charge in [0.15, 0.2) is 0 Å². The number of hydrogen-bond donors (Lipinski definition) is 1. The molecule has 90 valence electrons. The summed E-state index contributed by atoms with van der Waals surface area (Å²) in [7, 11) is 0. The minimum absolute atomic E-state index is 0. The Hall–Kier alpha value is -0.160. The van der Waals surface area contributed by atoms with Crippen molar-refractivity contribution in [1.29, 1.82) is 0 Å². The van der Waals surface area contributed by atoms with Crippen molar-refractivity contribution >= 4 is 28.3 Å². The first kappa shape index (κ1) is 13.9. The Balaban J connectivity index is 0.00000128. The Morgan fingerprint density at radius 1 is 1.56 bits per heavy atom. The Morgan fingerprint density at radius 2 is 2.44 bits per heavy atom. The van der Waals surface area contributed by atoms with Gasteiger partial charge in [-0.3, -0.25) is 0 Å². The molecule has 0 amide bonds. The second-order valence-corrected chi connectivity index (χ2v) is 4.67. The van der Waals surface area contributed by atoms with Gasteiger partial charge in [0.05, 0.1) is 13.2 Å². The molecule has 1 unspecified atom stereocenters. The van der Waals surface area contributed by atoms with Crippen LogP contribution in [-0.2, 0) is 11.3 Å². The molecular formula is C11H16BrClN2O. The van der Waals surface area contributed by atoms with Gasteiger partial charge in [0.2, 0.25) is 0 Å². The van der Waals surface area contributed by atoms with Crippen molar-refractivity contribution in [3.8, 4) is 0 Å². The summed E-state index contributed by atoms with van der Waals surface area (Å²) in [5, 5.41) is 3.33. The standard InChI is InChI=1S/C11H15BrN2O.ClH/c12-11-5-9(2-4-14-11)7-15-8-10-1-3-13-6-10;/h2,4-5,10,13H,1,3,6-8H2;1H. The number of ether oxygens (including phenoxy) is 1. The van der Waals surface area contributed by atoms with Crippen molar-refractivity contribution in [3.63, 3.8) is 0 Å². The highest BCUT2D eigenvalue weighted by atomic mass is 79.9. The zero-order valence-corrected chi connectivity index (χ0v) is 11.4. The molecule has 1 aliphatic heterocycles. The minimum Gasteiger partial charge on any atom is -0.376 e. The number of nitrogens with zero attached hydrogens (tertiary/aromatic N) is 1. The van der Waals surface area contributed by atoms with E-state index < -0.39 is 0 Å². The van der Waals surface area contributed by atoms with Crippen LogP contribution in [-0.4, -0.2) is 24.7 Å². The van der Waals surface area contributed by atoms with Crippen LogP contribution in [0, 0.1) is 5.92 Å². The molecule has 1 aliphatic rings. The van der Waals surface area contributed by atoms with Gasteiger partial charge in [-0.1, -0.05) is 0 Å². The molecule has 3 nitrogen and oxygen atoms in total. The predicted molar refractivity (Wildman–Crippen MR) is 69.8 cm³/mol. The van der Waals surface area contributed by atoms with Crippen LogP contribution in [0.1, 0.15) is 12.0 Å². The molecular weight excluding hydrogens is 291 g/mol. The van der Waals surface area contributed by atoms with Crippen LogP contribution in [0.5, 0.6) is 0 Å². The third-order valence-electron chi connectivity index (χ3n) is 2.58. The van der Waals surface area contributed by atoms with E-state index in [1.807, 2.05) is 12.1 Å². The van der Waals surface area contributed by atoms with Crippen molar-refractivity contribution in [2.24, 2.45) is 5.92 Å². The van der Waals surface area contributed by atoms with Crippen LogP contribution >= 0.6 is 28.3 Å². The summed E-state index contributed by atoms with van der Waals surface area (Å²) in [5.41, 5.74) is 1.17. The van der Waals surface area contributed by atoms with Crippen LogP contribution in [0.3, 0.4) is 0 Å². The number of aromatic nitrogens is 1. The van der Waals surface area contributed by atoms with E-state index in [9.17, 15) is 0 Å². The molecule has 5 heteroatoms. The molecule has 2 rings (SSSR count). The summed E-state index contributed by atoms with van der Waals surface area (Å²) < 4.78 is 6.54. The van der Waals surface area contributed by atoms with E-state index in [2.05, 4.69) is 26.2 Å². The maximum Gasteiger partial charge on any atom is 0.106 e. The van der Waals surface area contributed by atoms with Crippen LogP contribution < -0.4 is 5.32 Å². The normalized spacial score (nSPS) is 19.4. The number of halogens is 2. The summed E-state index contributed by atoms with van der Waals surface area (Å²) in [6, 6.07) is 3.98. The molecule has 0 spiro atoms. The Kier molecular flexibility index (Phi) is 6.28. The molecule has 0 saturated carbocycles. The first-order chi connectivity index (χ1) is 7.34. The molecule has 1 aromatic rings. The first-order valence-electron chi connectivity index (χ1n) is 5.23. The summed E-state index contributed by atoms with van der Waals surface area (Å²) in [6.07, 6.45) is 3.03. The lowest BCUT2D eigenvalue weighted by atomic mass is 10.1. The summed E-state index contributed by atoms with van der Waals surface area (Å²) >= 11 is 3.34. The molecule has 1 fully saturated rings. The van der Waals surface area contributed by atoms with Gasteiger partial charge in [-0.05, 0) is 52.5 Å². The van der Waals surface area contributed by atoms with Gasteiger partial charge in [0.1, 0.15) is 4.60 Å². The van der Waals surface area contributed by atoms with E-state index >= 15 is 0 Å². The third-order valence-corrected chi connectivity index (χ3v) is 3.01. The van der Waals surface area contributed by atoms with Crippen molar-refractivity contribution in [2.45, 2.75) is 13.0 Å². The van der Waals surface area contributed by atoms with E-state index in [-0.39, 0.29) is 12.4 Å². The van der Waals surface area contributed by atoms with Crippen molar-refractivity contribution in [2.75, 3.05) is 19.7 Å². The van der Waals surface area contributed by atoms with Crippen LogP contribution in [0.4, 0.5) is 0 Å². The Labute approximate surface area is 111 Å². The minimum atomic E-state index is 0. The number of nitrogens with one attached hydrogen (secondary N) is 1. The van der Waals surface area contributed by atoms with Gasteiger partial charge in [0, 0.05) is 12.7 Å². The van der Waals surface area contributed by atoms with Gasteiger partial charge >= 0.3 is 0 Å². The highest BCUT2D eigenvalue weighted by Crippen LogP contribution is 2.11. The van der Waals surface area contributed by atoms with E-state index in [0.717, 1.165) is 24.3 Å². The van der Waals surface area contributed by atoms with Crippen molar-refractivity contribution in [1.82, 2.24) is 10.3 Å². The van der Waals surface area contributed by atoms with Gasteiger partial charge < -0.3 is 10.1 Å². The number of pyridine rings is 1. The van der Waals surface area contributed by atoms with Gasteiger partial charge in [0.25, 0.3) is 0 Å². The molecule has 0 aliphatic carbocycles. The average molecular weight is 308 g/mol. The summed E-state index contributed by atoms with van der Waals surface area (Å²) in [5.74, 6) is 0.690. The molecule has 0 radical (unpaired) electrons. The molecule has 1 saturated heterocycles. The molecule has 2 heterocycles. The highest BCUT2D eigenvalue weighted by molar-refractivity contribution is 9.10. The lowest BCUT2D eigenvalue weighted by molar-refractivity contribution is 0.0924. The maximum absolute atomic E-state index is 5.67. The molecule has 16 heavy (non-hydrogen) atoms. The summed E-state index contributed by atoms with van der Waals surface area (Å²) in [6.45, 7) is 3.76. The fraction of sp³-hybridized carbons (Fsp3) is 0.545. The zero-order chi connectivity index (χ0) is 10.5. The van der Waals surface area contributed by atoms with Crippen LogP contribution in [0.2, 0.25) is 0 Å². The monoisotopic (exact) mass is 306 g/mol. The largest absolute Gasteiger partial charge is 0.376 e. The maximum atomic E-state index is 5.67. The number of rotatable bonds is 4. The van der Waals surface area contributed by atoms with Crippen molar-refractivity contribution in [3.05, 3.63) is 28.5 Å².